The Morgan fingerprint density at radius 1 is 1.38 bits per heavy atom. The summed E-state index contributed by atoms with van der Waals surface area (Å²) in [4.78, 5) is 13.9. The third-order valence-corrected chi connectivity index (χ3v) is 6.16. The molecule has 2 aliphatic heterocycles. The first-order valence-corrected chi connectivity index (χ1v) is 9.09. The number of sulfone groups is 1. The third-order valence-electron chi connectivity index (χ3n) is 4.33. The van der Waals surface area contributed by atoms with Crippen molar-refractivity contribution in [2.45, 2.75) is 12.8 Å². The van der Waals surface area contributed by atoms with E-state index >= 15 is 0 Å². The molecule has 2 heterocycles. The molecule has 0 radical (unpaired) electrons. The highest BCUT2D eigenvalue weighted by Crippen LogP contribution is 2.23. The number of amides is 1. The molecule has 0 aliphatic carbocycles. The van der Waals surface area contributed by atoms with Gasteiger partial charge in [0.25, 0.3) is 5.91 Å². The molecule has 21 heavy (non-hydrogen) atoms. The van der Waals surface area contributed by atoms with Gasteiger partial charge in [-0.1, -0.05) is 6.07 Å². The molecule has 6 heteroatoms. The largest absolute Gasteiger partial charge is 0.385 e. The number of fused-ring (bicyclic) bond motifs is 1. The summed E-state index contributed by atoms with van der Waals surface area (Å²) >= 11 is 0. The van der Waals surface area contributed by atoms with Gasteiger partial charge in [0.1, 0.15) is 0 Å². The van der Waals surface area contributed by atoms with Crippen LogP contribution >= 0.6 is 0 Å². The van der Waals surface area contributed by atoms with Crippen molar-refractivity contribution < 1.29 is 13.2 Å². The molecule has 0 bridgehead atoms. The summed E-state index contributed by atoms with van der Waals surface area (Å²) in [6.07, 6.45) is 1.61. The number of nitrogens with zero attached hydrogens (tertiary/aromatic N) is 1. The van der Waals surface area contributed by atoms with E-state index in [1.165, 1.54) is 0 Å². The lowest BCUT2D eigenvalue weighted by molar-refractivity contribution is 0.0781. The molecule has 0 saturated carbocycles. The summed E-state index contributed by atoms with van der Waals surface area (Å²) < 4.78 is 22.9. The Kier molecular flexibility index (Phi) is 3.65. The number of nitrogens with one attached hydrogen (secondary N) is 1. The quantitative estimate of drug-likeness (QED) is 0.910. The Hall–Kier alpha value is -1.56. The van der Waals surface area contributed by atoms with Gasteiger partial charge < -0.3 is 10.2 Å². The van der Waals surface area contributed by atoms with E-state index in [9.17, 15) is 13.2 Å². The highest BCUT2D eigenvalue weighted by molar-refractivity contribution is 7.91. The van der Waals surface area contributed by atoms with E-state index in [-0.39, 0.29) is 17.6 Å². The third kappa shape index (κ3) is 3.05. The number of rotatable bonds is 3. The van der Waals surface area contributed by atoms with Gasteiger partial charge >= 0.3 is 0 Å². The van der Waals surface area contributed by atoms with E-state index in [1.54, 1.807) is 4.90 Å². The zero-order chi connectivity index (χ0) is 15.0. The number of likely N-dealkylation sites (N-methyl/N-ethyl adjacent to an activating group) is 1. The fourth-order valence-electron chi connectivity index (χ4n) is 2.99. The van der Waals surface area contributed by atoms with Crippen LogP contribution in [0.1, 0.15) is 22.3 Å². The molecule has 1 unspecified atom stereocenters. The van der Waals surface area contributed by atoms with Crippen LogP contribution in [0.15, 0.2) is 18.2 Å². The highest BCUT2D eigenvalue weighted by Gasteiger charge is 2.27. The van der Waals surface area contributed by atoms with Crippen LogP contribution < -0.4 is 5.32 Å². The van der Waals surface area contributed by atoms with Crippen LogP contribution in [0.25, 0.3) is 0 Å². The predicted molar refractivity (Wildman–Crippen MR) is 82.4 cm³/mol. The Morgan fingerprint density at radius 3 is 2.90 bits per heavy atom. The lowest BCUT2D eigenvalue weighted by atomic mass is 9.98. The van der Waals surface area contributed by atoms with Gasteiger partial charge in [-0.25, -0.2) is 8.42 Å². The molecule has 0 spiro atoms. The van der Waals surface area contributed by atoms with Crippen molar-refractivity contribution in [3.63, 3.8) is 0 Å². The summed E-state index contributed by atoms with van der Waals surface area (Å²) in [7, 11) is -1.02. The summed E-state index contributed by atoms with van der Waals surface area (Å²) in [6.45, 7) is 1.40. The molecule has 0 aromatic heterocycles. The molecule has 1 aromatic carbocycles. The molecule has 1 N–H and O–H groups in total. The van der Waals surface area contributed by atoms with Gasteiger partial charge in [0, 0.05) is 31.4 Å². The van der Waals surface area contributed by atoms with Crippen LogP contribution in [0, 0.1) is 5.92 Å². The fourth-order valence-corrected chi connectivity index (χ4v) is 4.86. The Balaban J connectivity index is 1.69. The zero-order valence-electron chi connectivity index (χ0n) is 12.1. The Bertz CT molecular complexity index is 669. The molecular weight excluding hydrogens is 288 g/mol. The first kappa shape index (κ1) is 14.4. The normalized spacial score (nSPS) is 24.0. The predicted octanol–water partition coefficient (Wildman–Crippen LogP) is 1.16. The maximum Gasteiger partial charge on any atom is 0.253 e. The summed E-state index contributed by atoms with van der Waals surface area (Å²) in [5.74, 6) is 0.798. The van der Waals surface area contributed by atoms with Crippen molar-refractivity contribution in [3.05, 3.63) is 29.3 Å². The lowest BCUT2D eigenvalue weighted by Crippen LogP contribution is -2.34. The molecule has 1 amide bonds. The van der Waals surface area contributed by atoms with Crippen LogP contribution in [0.4, 0.5) is 5.69 Å². The second-order valence-corrected chi connectivity index (χ2v) is 8.23. The molecular formula is C15H20N2O3S. The van der Waals surface area contributed by atoms with E-state index in [2.05, 4.69) is 5.32 Å². The van der Waals surface area contributed by atoms with Gasteiger partial charge in [0.05, 0.1) is 11.5 Å². The van der Waals surface area contributed by atoms with Gasteiger partial charge in [-0.15, -0.1) is 0 Å². The van der Waals surface area contributed by atoms with Crippen molar-refractivity contribution >= 4 is 21.4 Å². The average Bonchev–Trinajstić information content (AvgIpc) is 2.80. The zero-order valence-corrected chi connectivity index (χ0v) is 12.9. The first-order chi connectivity index (χ1) is 9.94. The van der Waals surface area contributed by atoms with E-state index < -0.39 is 9.84 Å². The second-order valence-electron chi connectivity index (χ2n) is 6.00. The van der Waals surface area contributed by atoms with Crippen LogP contribution in [-0.4, -0.2) is 50.9 Å². The average molecular weight is 308 g/mol. The van der Waals surface area contributed by atoms with E-state index in [4.69, 9.17) is 0 Å². The summed E-state index contributed by atoms with van der Waals surface area (Å²) in [6, 6.07) is 5.85. The van der Waals surface area contributed by atoms with Crippen LogP contribution in [0.3, 0.4) is 0 Å². The number of carbonyl (C=O) groups excluding carboxylic acids is 1. The van der Waals surface area contributed by atoms with Gasteiger partial charge in [-0.3, -0.25) is 4.79 Å². The van der Waals surface area contributed by atoms with Crippen LogP contribution in [0.5, 0.6) is 0 Å². The Morgan fingerprint density at radius 2 is 2.19 bits per heavy atom. The minimum Gasteiger partial charge on any atom is -0.385 e. The van der Waals surface area contributed by atoms with E-state index in [1.807, 2.05) is 25.2 Å². The first-order valence-electron chi connectivity index (χ1n) is 7.27. The lowest BCUT2D eigenvalue weighted by Gasteiger charge is -2.25. The molecule has 1 saturated heterocycles. The van der Waals surface area contributed by atoms with Crippen molar-refractivity contribution in [2.24, 2.45) is 5.92 Å². The van der Waals surface area contributed by atoms with Gasteiger partial charge in [-0.2, -0.15) is 0 Å². The molecule has 5 nitrogen and oxygen atoms in total. The number of hydrogen-bond acceptors (Lipinski definition) is 4. The number of carbonyl (C=O) groups is 1. The molecule has 1 fully saturated rings. The maximum absolute atomic E-state index is 12.1. The SMILES string of the molecule is CN1CCc2ccc(NCC3CCS(=O)(=O)C3)cc2C1=O. The van der Waals surface area contributed by atoms with Crippen molar-refractivity contribution in [2.75, 3.05) is 37.0 Å². The number of anilines is 1. The molecule has 114 valence electrons. The smallest absolute Gasteiger partial charge is 0.253 e. The molecule has 1 aromatic rings. The second kappa shape index (κ2) is 5.33. The monoisotopic (exact) mass is 308 g/mol. The maximum atomic E-state index is 12.1. The highest BCUT2D eigenvalue weighted by atomic mass is 32.2. The van der Waals surface area contributed by atoms with Gasteiger partial charge in [0.2, 0.25) is 0 Å². The van der Waals surface area contributed by atoms with E-state index in [0.29, 0.717) is 12.3 Å². The van der Waals surface area contributed by atoms with E-state index in [0.717, 1.165) is 36.2 Å². The minimum absolute atomic E-state index is 0.0587. The standard InChI is InChI=1S/C15H20N2O3S/c1-17-6-4-12-2-3-13(8-14(12)15(17)18)16-9-11-5-7-21(19,20)10-11/h2-3,8,11,16H,4-7,9-10H2,1H3. The van der Waals surface area contributed by atoms with Crippen LogP contribution in [0.2, 0.25) is 0 Å². The number of hydrogen-bond donors (Lipinski definition) is 1. The topological polar surface area (TPSA) is 66.5 Å². The van der Waals surface area contributed by atoms with Crippen molar-refractivity contribution in [3.8, 4) is 0 Å². The fraction of sp³-hybridized carbons (Fsp3) is 0.533. The Labute approximate surface area is 125 Å². The van der Waals surface area contributed by atoms with Crippen molar-refractivity contribution in [1.82, 2.24) is 4.90 Å². The molecule has 1 atom stereocenters. The summed E-state index contributed by atoms with van der Waals surface area (Å²) in [5.41, 5.74) is 2.74. The van der Waals surface area contributed by atoms with Gasteiger partial charge in [0.15, 0.2) is 9.84 Å². The molecule has 3 rings (SSSR count). The van der Waals surface area contributed by atoms with Crippen molar-refractivity contribution in [1.29, 1.82) is 0 Å². The van der Waals surface area contributed by atoms with Crippen LogP contribution in [-0.2, 0) is 16.3 Å². The minimum atomic E-state index is -2.83. The summed E-state index contributed by atoms with van der Waals surface area (Å²) in [5, 5.41) is 3.27. The number of benzene rings is 1. The molecule has 2 aliphatic rings. The van der Waals surface area contributed by atoms with Gasteiger partial charge in [-0.05, 0) is 36.5 Å².